The van der Waals surface area contributed by atoms with Crippen molar-refractivity contribution in [2.45, 2.75) is 13.8 Å². The summed E-state index contributed by atoms with van der Waals surface area (Å²) >= 11 is 5.92. The highest BCUT2D eigenvalue weighted by Gasteiger charge is 2.03. The molecule has 0 saturated heterocycles. The Hall–Kier alpha value is -0.890. The first-order valence-corrected chi connectivity index (χ1v) is 4.86. The molecule has 0 unspecified atom stereocenters. The minimum absolute atomic E-state index is 0.629. The van der Waals surface area contributed by atoms with Gasteiger partial charge in [0.05, 0.1) is 10.7 Å². The van der Waals surface area contributed by atoms with Crippen LogP contribution in [0.25, 0.3) is 0 Å². The zero-order valence-electron chi connectivity index (χ0n) is 8.05. The van der Waals surface area contributed by atoms with Gasteiger partial charge in [-0.2, -0.15) is 0 Å². The van der Waals surface area contributed by atoms with Gasteiger partial charge in [0.1, 0.15) is 0 Å². The summed E-state index contributed by atoms with van der Waals surface area (Å²) in [5.41, 5.74) is 7.39. The van der Waals surface area contributed by atoms with Crippen molar-refractivity contribution in [1.82, 2.24) is 0 Å². The second kappa shape index (κ2) is 4.38. The van der Waals surface area contributed by atoms with E-state index in [0.717, 1.165) is 18.8 Å². The second-order valence-corrected chi connectivity index (χ2v) is 3.29. The van der Waals surface area contributed by atoms with E-state index in [1.807, 2.05) is 18.2 Å². The fourth-order valence-electron chi connectivity index (χ4n) is 1.30. The zero-order valence-corrected chi connectivity index (χ0v) is 8.80. The van der Waals surface area contributed by atoms with Gasteiger partial charge < -0.3 is 10.6 Å². The maximum Gasteiger partial charge on any atom is 0.0656 e. The summed E-state index contributed by atoms with van der Waals surface area (Å²) in [5, 5.41) is 0.629. The lowest BCUT2D eigenvalue weighted by Crippen LogP contribution is -2.21. The Labute approximate surface area is 84.3 Å². The molecule has 0 aliphatic heterocycles. The number of nitrogens with two attached hydrogens (primary N) is 1. The van der Waals surface area contributed by atoms with E-state index in [1.165, 1.54) is 0 Å². The first-order valence-electron chi connectivity index (χ1n) is 4.49. The van der Waals surface area contributed by atoms with Crippen molar-refractivity contribution >= 4 is 23.0 Å². The van der Waals surface area contributed by atoms with E-state index in [2.05, 4.69) is 18.7 Å². The van der Waals surface area contributed by atoms with Crippen LogP contribution in [0.5, 0.6) is 0 Å². The van der Waals surface area contributed by atoms with Crippen molar-refractivity contribution in [3.8, 4) is 0 Å². The van der Waals surface area contributed by atoms with Crippen LogP contribution < -0.4 is 10.6 Å². The summed E-state index contributed by atoms with van der Waals surface area (Å²) in [7, 11) is 0. The number of halogens is 1. The lowest BCUT2D eigenvalue weighted by molar-refractivity contribution is 0.866. The molecule has 0 aromatic heterocycles. The first kappa shape index (κ1) is 10.2. The van der Waals surface area contributed by atoms with E-state index < -0.39 is 0 Å². The van der Waals surface area contributed by atoms with Crippen LogP contribution >= 0.6 is 11.6 Å². The standard InChI is InChI=1S/C10H15ClN2/c1-3-13(4-2)8-5-6-10(12)9(11)7-8/h5-7H,3-4,12H2,1-2H3. The van der Waals surface area contributed by atoms with Crippen molar-refractivity contribution in [3.05, 3.63) is 23.2 Å². The Kier molecular flexibility index (Phi) is 3.43. The minimum atomic E-state index is 0.629. The largest absolute Gasteiger partial charge is 0.398 e. The summed E-state index contributed by atoms with van der Waals surface area (Å²) in [5.74, 6) is 0. The van der Waals surface area contributed by atoms with Gasteiger partial charge in [0.2, 0.25) is 0 Å². The Morgan fingerprint density at radius 1 is 1.31 bits per heavy atom. The molecule has 0 radical (unpaired) electrons. The lowest BCUT2D eigenvalue weighted by Gasteiger charge is -2.21. The third-order valence-corrected chi connectivity index (χ3v) is 2.44. The average Bonchev–Trinajstić information content (AvgIpc) is 2.13. The molecule has 1 aromatic rings. The number of hydrogen-bond donors (Lipinski definition) is 1. The molecule has 2 N–H and O–H groups in total. The molecule has 0 heterocycles. The van der Waals surface area contributed by atoms with Crippen LogP contribution in [0.1, 0.15) is 13.8 Å². The van der Waals surface area contributed by atoms with Crippen molar-refractivity contribution in [3.63, 3.8) is 0 Å². The summed E-state index contributed by atoms with van der Waals surface area (Å²) in [6.07, 6.45) is 0. The summed E-state index contributed by atoms with van der Waals surface area (Å²) in [6, 6.07) is 5.74. The van der Waals surface area contributed by atoms with Crippen LogP contribution in [0, 0.1) is 0 Å². The molecule has 0 bridgehead atoms. The highest BCUT2D eigenvalue weighted by atomic mass is 35.5. The molecule has 0 aliphatic carbocycles. The average molecular weight is 199 g/mol. The fourth-order valence-corrected chi connectivity index (χ4v) is 1.48. The quantitative estimate of drug-likeness (QED) is 0.757. The summed E-state index contributed by atoms with van der Waals surface area (Å²) < 4.78 is 0. The smallest absolute Gasteiger partial charge is 0.0656 e. The van der Waals surface area contributed by atoms with Gasteiger partial charge in [0.25, 0.3) is 0 Å². The number of hydrogen-bond acceptors (Lipinski definition) is 2. The number of anilines is 2. The predicted molar refractivity (Wildman–Crippen MR) is 59.4 cm³/mol. The molecular weight excluding hydrogens is 184 g/mol. The fraction of sp³-hybridized carbons (Fsp3) is 0.400. The van der Waals surface area contributed by atoms with E-state index in [-0.39, 0.29) is 0 Å². The highest BCUT2D eigenvalue weighted by molar-refractivity contribution is 6.33. The van der Waals surface area contributed by atoms with Gasteiger partial charge in [0, 0.05) is 18.8 Å². The van der Waals surface area contributed by atoms with Crippen LogP contribution in [0.3, 0.4) is 0 Å². The van der Waals surface area contributed by atoms with Crippen molar-refractivity contribution in [2.24, 2.45) is 0 Å². The Balaban J connectivity index is 2.95. The Bertz CT molecular complexity index is 282. The molecule has 72 valence electrons. The molecule has 2 nitrogen and oxygen atoms in total. The maximum atomic E-state index is 5.92. The molecule has 1 rings (SSSR count). The van der Waals surface area contributed by atoms with Gasteiger partial charge >= 0.3 is 0 Å². The van der Waals surface area contributed by atoms with Crippen LogP contribution in [0.15, 0.2) is 18.2 Å². The molecular formula is C10H15ClN2. The number of nitrogen functional groups attached to an aromatic ring is 1. The normalized spacial score (nSPS) is 10.1. The Morgan fingerprint density at radius 3 is 2.38 bits per heavy atom. The van der Waals surface area contributed by atoms with E-state index in [4.69, 9.17) is 17.3 Å². The summed E-state index contributed by atoms with van der Waals surface area (Å²) in [6.45, 7) is 6.20. The van der Waals surface area contributed by atoms with Gasteiger partial charge in [-0.3, -0.25) is 0 Å². The van der Waals surface area contributed by atoms with Crippen LogP contribution in [-0.2, 0) is 0 Å². The third-order valence-electron chi connectivity index (χ3n) is 2.11. The predicted octanol–water partition coefficient (Wildman–Crippen LogP) is 2.77. The number of rotatable bonds is 3. The van der Waals surface area contributed by atoms with Gasteiger partial charge in [-0.25, -0.2) is 0 Å². The minimum Gasteiger partial charge on any atom is -0.398 e. The lowest BCUT2D eigenvalue weighted by atomic mass is 10.2. The zero-order chi connectivity index (χ0) is 9.84. The highest BCUT2D eigenvalue weighted by Crippen LogP contribution is 2.24. The van der Waals surface area contributed by atoms with Gasteiger partial charge in [-0.15, -0.1) is 0 Å². The number of benzene rings is 1. The molecule has 1 aromatic carbocycles. The molecule has 0 spiro atoms. The maximum absolute atomic E-state index is 5.92. The topological polar surface area (TPSA) is 29.3 Å². The van der Waals surface area contributed by atoms with E-state index in [0.29, 0.717) is 10.7 Å². The van der Waals surface area contributed by atoms with E-state index >= 15 is 0 Å². The molecule has 0 aliphatic rings. The van der Waals surface area contributed by atoms with Crippen molar-refractivity contribution < 1.29 is 0 Å². The van der Waals surface area contributed by atoms with Crippen molar-refractivity contribution in [2.75, 3.05) is 23.7 Å². The van der Waals surface area contributed by atoms with Crippen molar-refractivity contribution in [1.29, 1.82) is 0 Å². The first-order chi connectivity index (χ1) is 6.19. The van der Waals surface area contributed by atoms with Crippen LogP contribution in [0.2, 0.25) is 5.02 Å². The van der Waals surface area contributed by atoms with Gasteiger partial charge in [-0.1, -0.05) is 11.6 Å². The molecule has 3 heteroatoms. The number of nitrogens with zero attached hydrogens (tertiary/aromatic N) is 1. The Morgan fingerprint density at radius 2 is 1.92 bits per heavy atom. The molecule has 0 saturated carbocycles. The molecule has 0 fully saturated rings. The summed E-state index contributed by atoms with van der Waals surface area (Å²) in [4.78, 5) is 2.23. The van der Waals surface area contributed by atoms with Crippen LogP contribution in [0.4, 0.5) is 11.4 Å². The molecule has 0 atom stereocenters. The van der Waals surface area contributed by atoms with Crippen LogP contribution in [-0.4, -0.2) is 13.1 Å². The monoisotopic (exact) mass is 198 g/mol. The van der Waals surface area contributed by atoms with E-state index in [1.54, 1.807) is 0 Å². The van der Waals surface area contributed by atoms with E-state index in [9.17, 15) is 0 Å². The molecule has 13 heavy (non-hydrogen) atoms. The third kappa shape index (κ3) is 2.28. The van der Waals surface area contributed by atoms with Gasteiger partial charge in [-0.05, 0) is 32.0 Å². The van der Waals surface area contributed by atoms with Gasteiger partial charge in [0.15, 0.2) is 0 Å². The second-order valence-electron chi connectivity index (χ2n) is 2.88. The SMILES string of the molecule is CCN(CC)c1ccc(N)c(Cl)c1. The molecule has 0 amide bonds.